The molecule has 0 aliphatic rings. The highest BCUT2D eigenvalue weighted by Gasteiger charge is 2.19. The van der Waals surface area contributed by atoms with Gasteiger partial charge < -0.3 is 20.0 Å². The van der Waals surface area contributed by atoms with E-state index in [1.807, 2.05) is 68.4 Å². The number of carbonyl (C=O) groups is 1. The first kappa shape index (κ1) is 30.1. The Kier molecular flexibility index (Phi) is 9.77. The number of carbonyl (C=O) groups excluding carboxylic acids is 1. The fourth-order valence-corrected chi connectivity index (χ4v) is 4.53. The second-order valence-electron chi connectivity index (χ2n) is 9.98. The van der Waals surface area contributed by atoms with E-state index in [0.29, 0.717) is 49.6 Å². The van der Waals surface area contributed by atoms with E-state index in [1.165, 1.54) is 14.1 Å². The molecule has 2 heterocycles. The molecule has 0 saturated heterocycles. The minimum atomic E-state index is -0.464. The maximum atomic E-state index is 13.1. The highest BCUT2D eigenvalue weighted by Crippen LogP contribution is 2.18. The van der Waals surface area contributed by atoms with Crippen molar-refractivity contribution in [1.29, 1.82) is 0 Å². The molecule has 2 aromatic carbocycles. The van der Waals surface area contributed by atoms with Crippen molar-refractivity contribution >= 4 is 22.8 Å². The molecule has 0 aliphatic carbocycles. The number of nitrogens with two attached hydrogens (primary N) is 1. The number of imidazole rings is 1. The molecule has 0 aliphatic heterocycles. The molecule has 42 heavy (non-hydrogen) atoms. The van der Waals surface area contributed by atoms with Gasteiger partial charge in [-0.15, -0.1) is 0 Å². The molecule has 0 spiro atoms. The number of nitrogens with one attached hydrogen (secondary N) is 2. The van der Waals surface area contributed by atoms with E-state index in [4.69, 9.17) is 10.6 Å². The maximum Gasteiger partial charge on any atom is 0.332 e. The number of ether oxygens (including phenoxy) is 1. The zero-order chi connectivity index (χ0) is 30.2. The fraction of sp³-hybridized carbons (Fsp3) is 0.290. The van der Waals surface area contributed by atoms with E-state index in [0.717, 1.165) is 11.1 Å². The molecule has 0 unspecified atom stereocenters. The third-order valence-corrected chi connectivity index (χ3v) is 6.53. The van der Waals surface area contributed by atoms with Crippen LogP contribution in [0.4, 0.5) is 0 Å². The zero-order valence-corrected chi connectivity index (χ0v) is 24.2. The molecule has 220 valence electrons. The Labute approximate surface area is 243 Å². The number of rotatable bonds is 13. The van der Waals surface area contributed by atoms with Gasteiger partial charge in [0.05, 0.1) is 12.1 Å². The van der Waals surface area contributed by atoms with Gasteiger partial charge in [-0.2, -0.15) is 0 Å². The second kappa shape index (κ2) is 13.6. The Hall–Kier alpha value is -4.90. The first-order chi connectivity index (χ1) is 20.2. The van der Waals surface area contributed by atoms with Crippen LogP contribution in [-0.4, -0.2) is 37.1 Å². The van der Waals surface area contributed by atoms with Crippen molar-refractivity contribution in [3.8, 4) is 5.75 Å². The molecular weight excluding hydrogens is 534 g/mol. The van der Waals surface area contributed by atoms with Crippen molar-refractivity contribution in [2.45, 2.75) is 52.8 Å². The van der Waals surface area contributed by atoms with Crippen molar-refractivity contribution < 1.29 is 9.53 Å². The maximum absolute atomic E-state index is 13.1. The van der Waals surface area contributed by atoms with Crippen LogP contribution in [0.15, 0.2) is 82.5 Å². The van der Waals surface area contributed by atoms with Crippen molar-refractivity contribution in [3.05, 3.63) is 111 Å². The van der Waals surface area contributed by atoms with Gasteiger partial charge in [-0.3, -0.25) is 18.7 Å². The smallest absolute Gasteiger partial charge is 0.332 e. The average Bonchev–Trinajstić information content (AvgIpc) is 3.41. The highest BCUT2D eigenvalue weighted by atomic mass is 16.5. The number of aromatic amines is 1. The Morgan fingerprint density at radius 1 is 1.05 bits per heavy atom. The van der Waals surface area contributed by atoms with Gasteiger partial charge in [0, 0.05) is 25.8 Å². The summed E-state index contributed by atoms with van der Waals surface area (Å²) < 4.78 is 8.54. The Morgan fingerprint density at radius 3 is 2.36 bits per heavy atom. The summed E-state index contributed by atoms with van der Waals surface area (Å²) in [6, 6.07) is 17.2. The van der Waals surface area contributed by atoms with E-state index in [2.05, 4.69) is 21.9 Å². The van der Waals surface area contributed by atoms with Gasteiger partial charge in [-0.1, -0.05) is 62.9 Å². The molecule has 11 heteroatoms. The summed E-state index contributed by atoms with van der Waals surface area (Å²) in [6.07, 6.45) is 3.01. The van der Waals surface area contributed by atoms with Gasteiger partial charge in [0.2, 0.25) is 5.91 Å². The Balaban J connectivity index is 1.48. The first-order valence-electron chi connectivity index (χ1n) is 13.9. The lowest BCUT2D eigenvalue weighted by molar-refractivity contribution is -0.119. The van der Waals surface area contributed by atoms with E-state index in [1.54, 1.807) is 13.1 Å². The van der Waals surface area contributed by atoms with Crippen LogP contribution >= 0.6 is 0 Å². The van der Waals surface area contributed by atoms with Crippen molar-refractivity contribution in [1.82, 2.24) is 29.4 Å². The number of aryl methyl sites for hydroxylation is 1. The molecule has 4 rings (SSSR count). The number of hydrazine groups is 1. The zero-order valence-electron chi connectivity index (χ0n) is 24.2. The summed E-state index contributed by atoms with van der Waals surface area (Å²) in [5.41, 5.74) is 2.15. The average molecular weight is 572 g/mol. The van der Waals surface area contributed by atoms with Crippen molar-refractivity contribution in [2.24, 2.45) is 5.84 Å². The summed E-state index contributed by atoms with van der Waals surface area (Å²) in [5, 5.41) is 4.07. The number of benzene rings is 2. The van der Waals surface area contributed by atoms with Gasteiger partial charge in [-0.05, 0) is 42.2 Å². The summed E-state index contributed by atoms with van der Waals surface area (Å²) in [4.78, 5) is 46.5. The molecule has 2 aromatic heterocycles. The predicted octanol–water partition coefficient (Wildman–Crippen LogP) is 3.30. The molecule has 1 amide bonds. The van der Waals surface area contributed by atoms with Gasteiger partial charge >= 0.3 is 5.69 Å². The first-order valence-corrected chi connectivity index (χ1v) is 13.9. The summed E-state index contributed by atoms with van der Waals surface area (Å²) in [5.74, 6) is 6.81. The Morgan fingerprint density at radius 2 is 1.71 bits per heavy atom. The quantitative estimate of drug-likeness (QED) is 0.127. The van der Waals surface area contributed by atoms with Gasteiger partial charge in [-0.25, -0.2) is 15.6 Å². The van der Waals surface area contributed by atoms with Crippen LogP contribution in [0.25, 0.3) is 16.9 Å². The lowest BCUT2D eigenvalue weighted by Gasteiger charge is -2.15. The number of aromatic nitrogens is 4. The van der Waals surface area contributed by atoms with Crippen LogP contribution in [-0.2, 0) is 30.9 Å². The predicted molar refractivity (Wildman–Crippen MR) is 163 cm³/mol. The van der Waals surface area contributed by atoms with Gasteiger partial charge in [0.15, 0.2) is 11.3 Å². The minimum Gasteiger partial charge on any atom is -0.489 e. The van der Waals surface area contributed by atoms with Crippen molar-refractivity contribution in [3.63, 3.8) is 0 Å². The molecular formula is C31H37N7O4. The second-order valence-corrected chi connectivity index (χ2v) is 9.98. The van der Waals surface area contributed by atoms with E-state index >= 15 is 0 Å². The number of amides is 1. The van der Waals surface area contributed by atoms with E-state index in [9.17, 15) is 14.4 Å². The SMILES string of the molecule is C=C(/C=C(/c1nc2c(=O)n(CCC)c(=O)n(CCC)c2[nH]1)N(C)N)NC(=O)Cc1ccc(OCc2ccccc2)cc1. The molecule has 0 saturated carbocycles. The Bertz CT molecular complexity index is 1700. The molecule has 0 fully saturated rings. The van der Waals surface area contributed by atoms with Crippen LogP contribution in [0.3, 0.4) is 0 Å². The van der Waals surface area contributed by atoms with Gasteiger partial charge in [0.25, 0.3) is 5.56 Å². The number of hydrogen-bond donors (Lipinski definition) is 3. The number of hydrogen-bond acceptors (Lipinski definition) is 7. The fourth-order valence-electron chi connectivity index (χ4n) is 4.53. The number of H-pyrrole nitrogens is 1. The normalized spacial score (nSPS) is 11.5. The van der Waals surface area contributed by atoms with E-state index in [-0.39, 0.29) is 35.1 Å². The highest BCUT2D eigenvalue weighted by molar-refractivity contribution is 5.81. The van der Waals surface area contributed by atoms with E-state index < -0.39 is 5.56 Å². The van der Waals surface area contributed by atoms with Gasteiger partial charge in [0.1, 0.15) is 18.0 Å². The molecule has 0 radical (unpaired) electrons. The van der Waals surface area contributed by atoms with Crippen LogP contribution in [0.1, 0.15) is 43.6 Å². The van der Waals surface area contributed by atoms with Crippen LogP contribution in [0.5, 0.6) is 5.75 Å². The topological polar surface area (TPSA) is 140 Å². The summed E-state index contributed by atoms with van der Waals surface area (Å²) >= 11 is 0. The van der Waals surface area contributed by atoms with Crippen molar-refractivity contribution in [2.75, 3.05) is 7.05 Å². The number of allylic oxidation sites excluding steroid dienone is 1. The summed E-state index contributed by atoms with van der Waals surface area (Å²) in [6.45, 7) is 8.97. The molecule has 11 nitrogen and oxygen atoms in total. The lowest BCUT2D eigenvalue weighted by atomic mass is 10.1. The third kappa shape index (κ3) is 7.05. The van der Waals surface area contributed by atoms with Crippen LogP contribution in [0, 0.1) is 0 Å². The molecule has 0 bridgehead atoms. The largest absolute Gasteiger partial charge is 0.489 e. The standard InChI is InChI=1S/C31H37N7O4/c1-5-16-37-29-27(30(40)38(17-6-2)31(37)41)34-28(35-29)25(36(4)32)18-21(3)33-26(39)19-22-12-14-24(15-13-22)42-20-23-10-8-7-9-11-23/h7-15,18H,3,5-6,16-17,19-20,32H2,1-2,4H3,(H,33,39)(H,34,35)/b25-18-. The minimum absolute atomic E-state index is 0.129. The summed E-state index contributed by atoms with van der Waals surface area (Å²) in [7, 11) is 1.60. The number of nitrogens with zero attached hydrogens (tertiary/aromatic N) is 4. The monoisotopic (exact) mass is 571 g/mol. The number of fused-ring (bicyclic) bond motifs is 1. The van der Waals surface area contributed by atoms with Crippen LogP contribution in [0.2, 0.25) is 0 Å². The molecule has 0 atom stereocenters. The van der Waals surface area contributed by atoms with Crippen LogP contribution < -0.4 is 27.1 Å². The molecule has 4 N–H and O–H groups in total. The molecule has 4 aromatic rings. The lowest BCUT2D eigenvalue weighted by Crippen LogP contribution is -2.40. The third-order valence-electron chi connectivity index (χ3n) is 6.53.